The molecule has 2 unspecified atom stereocenters. The van der Waals surface area contributed by atoms with E-state index in [-0.39, 0.29) is 0 Å². The number of esters is 2. The highest BCUT2D eigenvalue weighted by atomic mass is 32.2. The standard InChI is InChI=1S/C9H10O6S2/c1-14-8(12)6-7(9(13)15-2)17-5(16-6)3-4(10)11/h3,6-7H,1-2H3,(H,10,11). The van der Waals surface area contributed by atoms with Crippen LogP contribution in [-0.2, 0) is 23.9 Å². The third-order valence-electron chi connectivity index (χ3n) is 1.87. The molecule has 2 atom stereocenters. The molecular weight excluding hydrogens is 268 g/mol. The second kappa shape index (κ2) is 5.97. The Kier molecular flexibility index (Phi) is 4.88. The number of carbonyl (C=O) groups excluding carboxylic acids is 2. The molecule has 94 valence electrons. The van der Waals surface area contributed by atoms with Crippen LogP contribution in [0.25, 0.3) is 0 Å². The highest BCUT2D eigenvalue weighted by Crippen LogP contribution is 2.47. The predicted octanol–water partition coefficient (Wildman–Crippen LogP) is 0.476. The molecule has 0 spiro atoms. The molecule has 1 fully saturated rings. The molecule has 1 aliphatic rings. The zero-order valence-electron chi connectivity index (χ0n) is 9.04. The number of hydrogen-bond donors (Lipinski definition) is 1. The van der Waals surface area contributed by atoms with Gasteiger partial charge in [0.1, 0.15) is 10.5 Å². The minimum Gasteiger partial charge on any atom is -0.478 e. The van der Waals surface area contributed by atoms with E-state index in [9.17, 15) is 14.4 Å². The van der Waals surface area contributed by atoms with Gasteiger partial charge in [0.15, 0.2) is 0 Å². The molecule has 1 heterocycles. The highest BCUT2D eigenvalue weighted by Gasteiger charge is 2.43. The molecule has 0 radical (unpaired) electrons. The summed E-state index contributed by atoms with van der Waals surface area (Å²) in [5, 5.41) is 7.05. The van der Waals surface area contributed by atoms with Gasteiger partial charge in [0.05, 0.1) is 14.2 Å². The van der Waals surface area contributed by atoms with Gasteiger partial charge in [0.25, 0.3) is 0 Å². The van der Waals surface area contributed by atoms with E-state index in [1.807, 2.05) is 0 Å². The largest absolute Gasteiger partial charge is 0.478 e. The quantitative estimate of drug-likeness (QED) is 0.589. The van der Waals surface area contributed by atoms with E-state index in [4.69, 9.17) is 5.11 Å². The molecule has 0 aromatic rings. The maximum atomic E-state index is 11.4. The van der Waals surface area contributed by atoms with Crippen LogP contribution in [-0.4, -0.2) is 47.7 Å². The van der Waals surface area contributed by atoms with E-state index in [2.05, 4.69) is 9.47 Å². The van der Waals surface area contributed by atoms with Crippen LogP contribution in [0.2, 0.25) is 0 Å². The molecular formula is C9H10O6S2. The van der Waals surface area contributed by atoms with Gasteiger partial charge in [0.2, 0.25) is 0 Å². The first kappa shape index (κ1) is 13.9. The molecule has 0 aromatic heterocycles. The molecule has 8 heteroatoms. The summed E-state index contributed by atoms with van der Waals surface area (Å²) in [5.74, 6) is -2.28. The Morgan fingerprint density at radius 2 is 1.53 bits per heavy atom. The van der Waals surface area contributed by atoms with Gasteiger partial charge in [-0.05, 0) is 0 Å². The number of thioether (sulfide) groups is 2. The molecule has 1 saturated heterocycles. The number of ether oxygens (including phenoxy) is 2. The summed E-state index contributed by atoms with van der Waals surface area (Å²) >= 11 is 1.98. The highest BCUT2D eigenvalue weighted by molar-refractivity contribution is 8.26. The Morgan fingerprint density at radius 1 is 1.12 bits per heavy atom. The SMILES string of the molecule is COC(=O)C1SC(=CC(=O)O)SC1C(=O)OC. The van der Waals surface area contributed by atoms with Gasteiger partial charge in [-0.3, -0.25) is 9.59 Å². The number of methoxy groups -OCH3 is 2. The van der Waals surface area contributed by atoms with Crippen molar-refractivity contribution in [1.29, 1.82) is 0 Å². The van der Waals surface area contributed by atoms with Gasteiger partial charge in [0, 0.05) is 10.3 Å². The molecule has 17 heavy (non-hydrogen) atoms. The van der Waals surface area contributed by atoms with Crippen molar-refractivity contribution in [2.45, 2.75) is 10.5 Å². The number of carboxylic acids is 1. The van der Waals surface area contributed by atoms with E-state index >= 15 is 0 Å². The van der Waals surface area contributed by atoms with Crippen LogP contribution in [0.3, 0.4) is 0 Å². The molecule has 1 aliphatic heterocycles. The molecule has 0 bridgehead atoms. The fraction of sp³-hybridized carbons (Fsp3) is 0.444. The van der Waals surface area contributed by atoms with Gasteiger partial charge in [-0.2, -0.15) is 0 Å². The number of hydrogen-bond acceptors (Lipinski definition) is 7. The van der Waals surface area contributed by atoms with Crippen LogP contribution >= 0.6 is 23.5 Å². The Bertz CT molecular complexity index is 352. The van der Waals surface area contributed by atoms with Gasteiger partial charge in [-0.15, -0.1) is 23.5 Å². The van der Waals surface area contributed by atoms with Gasteiger partial charge < -0.3 is 14.6 Å². The maximum Gasteiger partial charge on any atom is 0.329 e. The minimum atomic E-state index is -1.13. The fourth-order valence-corrected chi connectivity index (χ4v) is 4.02. The first-order chi connectivity index (χ1) is 7.99. The van der Waals surface area contributed by atoms with Crippen LogP contribution in [0, 0.1) is 0 Å². The van der Waals surface area contributed by atoms with Gasteiger partial charge >= 0.3 is 17.9 Å². The average molecular weight is 278 g/mol. The van der Waals surface area contributed by atoms with E-state index in [0.717, 1.165) is 29.6 Å². The van der Waals surface area contributed by atoms with E-state index < -0.39 is 28.4 Å². The second-order valence-electron chi connectivity index (χ2n) is 2.92. The molecule has 0 aromatic carbocycles. The smallest absolute Gasteiger partial charge is 0.329 e. The van der Waals surface area contributed by atoms with Crippen LogP contribution in [0.4, 0.5) is 0 Å². The van der Waals surface area contributed by atoms with Gasteiger partial charge in [-0.25, -0.2) is 4.79 Å². The van der Waals surface area contributed by atoms with Crippen molar-refractivity contribution >= 4 is 41.4 Å². The zero-order chi connectivity index (χ0) is 13.0. The summed E-state index contributed by atoms with van der Waals surface area (Å²) in [5.41, 5.74) is 0. The number of carboxylic acid groups (broad SMARTS) is 1. The fourth-order valence-electron chi connectivity index (χ4n) is 1.15. The van der Waals surface area contributed by atoms with Crippen LogP contribution < -0.4 is 0 Å². The summed E-state index contributed by atoms with van der Waals surface area (Å²) < 4.78 is 9.49. The average Bonchev–Trinajstić information content (AvgIpc) is 2.69. The van der Waals surface area contributed by atoms with Crippen molar-refractivity contribution in [3.63, 3.8) is 0 Å². The molecule has 1 N–H and O–H groups in total. The zero-order valence-corrected chi connectivity index (χ0v) is 10.7. The topological polar surface area (TPSA) is 89.9 Å². The third-order valence-corrected chi connectivity index (χ3v) is 4.76. The van der Waals surface area contributed by atoms with Gasteiger partial charge in [-0.1, -0.05) is 0 Å². The van der Waals surface area contributed by atoms with Crippen molar-refractivity contribution in [2.75, 3.05) is 14.2 Å². The maximum absolute atomic E-state index is 11.4. The Morgan fingerprint density at radius 3 is 1.82 bits per heavy atom. The third kappa shape index (κ3) is 3.40. The molecule has 0 aliphatic carbocycles. The Hall–Kier alpha value is -1.15. The summed E-state index contributed by atoms with van der Waals surface area (Å²) in [6, 6.07) is 0. The van der Waals surface area contributed by atoms with Crippen molar-refractivity contribution in [1.82, 2.24) is 0 Å². The lowest BCUT2D eigenvalue weighted by Gasteiger charge is -2.12. The molecule has 0 saturated carbocycles. The van der Waals surface area contributed by atoms with E-state index in [1.165, 1.54) is 14.2 Å². The predicted molar refractivity (Wildman–Crippen MR) is 62.5 cm³/mol. The first-order valence-corrected chi connectivity index (χ1v) is 6.19. The van der Waals surface area contributed by atoms with Crippen LogP contribution in [0.1, 0.15) is 0 Å². The summed E-state index contributed by atoms with van der Waals surface area (Å²) in [6.45, 7) is 0. The number of rotatable bonds is 3. The Labute approximate surface area is 106 Å². The molecule has 6 nitrogen and oxygen atoms in total. The first-order valence-electron chi connectivity index (χ1n) is 4.43. The number of carbonyl (C=O) groups is 3. The molecule has 0 amide bonds. The summed E-state index contributed by atoms with van der Waals surface area (Å²) in [4.78, 5) is 33.4. The van der Waals surface area contributed by atoms with Crippen molar-refractivity contribution in [3.05, 3.63) is 10.3 Å². The lowest BCUT2D eigenvalue weighted by molar-refractivity contribution is -0.145. The Balaban J connectivity index is 2.90. The second-order valence-corrected chi connectivity index (χ2v) is 5.55. The minimum absolute atomic E-state index is 0.378. The lowest BCUT2D eigenvalue weighted by Crippen LogP contribution is -2.33. The van der Waals surface area contributed by atoms with Crippen molar-refractivity contribution < 1.29 is 29.0 Å². The lowest BCUT2D eigenvalue weighted by atomic mass is 10.3. The monoisotopic (exact) mass is 278 g/mol. The van der Waals surface area contributed by atoms with E-state index in [0.29, 0.717) is 4.24 Å². The normalized spacial score (nSPS) is 23.1. The molecule has 1 rings (SSSR count). The van der Waals surface area contributed by atoms with Crippen LogP contribution in [0.15, 0.2) is 10.3 Å². The van der Waals surface area contributed by atoms with Crippen molar-refractivity contribution in [3.8, 4) is 0 Å². The van der Waals surface area contributed by atoms with E-state index in [1.54, 1.807) is 0 Å². The number of aliphatic carboxylic acids is 1. The summed E-state index contributed by atoms with van der Waals surface area (Å²) in [7, 11) is 2.42. The van der Waals surface area contributed by atoms with Crippen LogP contribution in [0.5, 0.6) is 0 Å². The van der Waals surface area contributed by atoms with Crippen molar-refractivity contribution in [2.24, 2.45) is 0 Å². The summed E-state index contributed by atoms with van der Waals surface area (Å²) in [6.07, 6.45) is 0.953.